The molecule has 1 aliphatic carbocycles. The van der Waals surface area contributed by atoms with Gasteiger partial charge in [0, 0.05) is 12.6 Å². The standard InChI is InChI=1S/C16H23NO2/c1-12(13-8-5-9-13)17-11-15-7-4-3-6-14(15)10-16(18)19-2/h3-4,6-7,12-13,17H,5,8-11H2,1-2H3. The van der Waals surface area contributed by atoms with Crippen LogP contribution in [-0.2, 0) is 22.5 Å². The molecule has 19 heavy (non-hydrogen) atoms. The quantitative estimate of drug-likeness (QED) is 0.800. The van der Waals surface area contributed by atoms with E-state index in [1.807, 2.05) is 18.2 Å². The predicted octanol–water partition coefficient (Wildman–Crippen LogP) is 2.68. The lowest BCUT2D eigenvalue weighted by atomic mass is 9.80. The first kappa shape index (κ1) is 14.1. The van der Waals surface area contributed by atoms with Crippen molar-refractivity contribution in [2.24, 2.45) is 5.92 Å². The molecule has 0 spiro atoms. The predicted molar refractivity (Wildman–Crippen MR) is 75.8 cm³/mol. The van der Waals surface area contributed by atoms with Crippen LogP contribution in [0.2, 0.25) is 0 Å². The maximum Gasteiger partial charge on any atom is 0.309 e. The Morgan fingerprint density at radius 3 is 2.63 bits per heavy atom. The molecule has 1 saturated carbocycles. The zero-order chi connectivity index (χ0) is 13.7. The molecule has 0 radical (unpaired) electrons. The van der Waals surface area contributed by atoms with Crippen molar-refractivity contribution in [2.75, 3.05) is 7.11 Å². The van der Waals surface area contributed by atoms with E-state index in [1.54, 1.807) is 0 Å². The van der Waals surface area contributed by atoms with E-state index >= 15 is 0 Å². The number of carbonyl (C=O) groups is 1. The van der Waals surface area contributed by atoms with Gasteiger partial charge in [-0.1, -0.05) is 30.7 Å². The Morgan fingerprint density at radius 2 is 2.05 bits per heavy atom. The minimum Gasteiger partial charge on any atom is -0.469 e. The van der Waals surface area contributed by atoms with Gasteiger partial charge in [0.1, 0.15) is 0 Å². The van der Waals surface area contributed by atoms with Crippen LogP contribution in [0.15, 0.2) is 24.3 Å². The Hall–Kier alpha value is -1.35. The first-order valence-electron chi connectivity index (χ1n) is 7.07. The molecular formula is C16H23NO2. The minimum atomic E-state index is -0.181. The van der Waals surface area contributed by atoms with Crippen molar-refractivity contribution in [3.05, 3.63) is 35.4 Å². The van der Waals surface area contributed by atoms with Gasteiger partial charge in [0.05, 0.1) is 13.5 Å². The van der Waals surface area contributed by atoms with Gasteiger partial charge in [-0.05, 0) is 36.8 Å². The summed E-state index contributed by atoms with van der Waals surface area (Å²) in [5.74, 6) is 0.646. The van der Waals surface area contributed by atoms with E-state index in [9.17, 15) is 4.79 Å². The second-order valence-corrected chi connectivity index (χ2v) is 5.38. The molecular weight excluding hydrogens is 238 g/mol. The second-order valence-electron chi connectivity index (χ2n) is 5.38. The van der Waals surface area contributed by atoms with E-state index in [0.29, 0.717) is 12.5 Å². The van der Waals surface area contributed by atoms with Crippen LogP contribution in [0.5, 0.6) is 0 Å². The Balaban J connectivity index is 1.93. The highest BCUT2D eigenvalue weighted by atomic mass is 16.5. The maximum absolute atomic E-state index is 11.4. The molecule has 1 aromatic carbocycles. The van der Waals surface area contributed by atoms with Crippen LogP contribution in [0.4, 0.5) is 0 Å². The number of esters is 1. The van der Waals surface area contributed by atoms with Gasteiger partial charge in [-0.2, -0.15) is 0 Å². The van der Waals surface area contributed by atoms with E-state index in [4.69, 9.17) is 4.74 Å². The Kier molecular flexibility index (Phi) is 4.97. The van der Waals surface area contributed by atoms with Crippen molar-refractivity contribution in [1.82, 2.24) is 5.32 Å². The number of nitrogens with one attached hydrogen (secondary N) is 1. The largest absolute Gasteiger partial charge is 0.469 e. The molecule has 0 heterocycles. The molecule has 3 heteroatoms. The maximum atomic E-state index is 11.4. The van der Waals surface area contributed by atoms with Crippen LogP contribution in [0, 0.1) is 5.92 Å². The summed E-state index contributed by atoms with van der Waals surface area (Å²) in [6.07, 6.45) is 4.41. The SMILES string of the molecule is COC(=O)Cc1ccccc1CNC(C)C1CCC1. The lowest BCUT2D eigenvalue weighted by Crippen LogP contribution is -2.36. The zero-order valence-electron chi connectivity index (χ0n) is 11.8. The average molecular weight is 261 g/mol. The summed E-state index contributed by atoms with van der Waals surface area (Å²) in [5, 5.41) is 3.58. The van der Waals surface area contributed by atoms with Crippen LogP contribution in [0.1, 0.15) is 37.3 Å². The first-order chi connectivity index (χ1) is 9.20. The topological polar surface area (TPSA) is 38.3 Å². The van der Waals surface area contributed by atoms with Crippen LogP contribution in [-0.4, -0.2) is 19.1 Å². The number of hydrogen-bond acceptors (Lipinski definition) is 3. The average Bonchev–Trinajstić information content (AvgIpc) is 2.35. The number of methoxy groups -OCH3 is 1. The van der Waals surface area contributed by atoms with Gasteiger partial charge >= 0.3 is 5.97 Å². The molecule has 104 valence electrons. The van der Waals surface area contributed by atoms with Crippen LogP contribution < -0.4 is 5.32 Å². The van der Waals surface area contributed by atoms with Crippen molar-refractivity contribution in [2.45, 2.75) is 45.2 Å². The molecule has 1 atom stereocenters. The Bertz CT molecular complexity index is 427. The van der Waals surface area contributed by atoms with Gasteiger partial charge in [-0.25, -0.2) is 0 Å². The summed E-state index contributed by atoms with van der Waals surface area (Å²) in [4.78, 5) is 11.4. The second kappa shape index (κ2) is 6.71. The highest BCUT2D eigenvalue weighted by molar-refractivity contribution is 5.72. The summed E-state index contributed by atoms with van der Waals surface area (Å²) in [5.41, 5.74) is 2.25. The number of benzene rings is 1. The van der Waals surface area contributed by atoms with E-state index in [-0.39, 0.29) is 5.97 Å². The minimum absolute atomic E-state index is 0.181. The molecule has 0 aliphatic heterocycles. The fourth-order valence-corrected chi connectivity index (χ4v) is 2.51. The fraction of sp³-hybridized carbons (Fsp3) is 0.562. The molecule has 0 amide bonds. The van der Waals surface area contributed by atoms with E-state index in [0.717, 1.165) is 18.0 Å². The fourth-order valence-electron chi connectivity index (χ4n) is 2.51. The molecule has 1 unspecified atom stereocenters. The molecule has 0 aromatic heterocycles. The summed E-state index contributed by atoms with van der Waals surface area (Å²) in [7, 11) is 1.43. The summed E-state index contributed by atoms with van der Waals surface area (Å²) in [6.45, 7) is 3.08. The summed E-state index contributed by atoms with van der Waals surface area (Å²) < 4.78 is 4.74. The summed E-state index contributed by atoms with van der Waals surface area (Å²) in [6, 6.07) is 8.63. The lowest BCUT2D eigenvalue weighted by molar-refractivity contribution is -0.139. The highest BCUT2D eigenvalue weighted by Gasteiger charge is 2.23. The van der Waals surface area contributed by atoms with E-state index < -0.39 is 0 Å². The molecule has 1 aromatic rings. The van der Waals surface area contributed by atoms with Crippen molar-refractivity contribution in [3.8, 4) is 0 Å². The molecule has 0 saturated heterocycles. The third-order valence-electron chi connectivity index (χ3n) is 4.15. The van der Waals surface area contributed by atoms with Gasteiger partial charge in [0.25, 0.3) is 0 Å². The van der Waals surface area contributed by atoms with Gasteiger partial charge in [0.15, 0.2) is 0 Å². The van der Waals surface area contributed by atoms with Crippen LogP contribution in [0.3, 0.4) is 0 Å². The third kappa shape index (κ3) is 3.80. The van der Waals surface area contributed by atoms with Gasteiger partial charge in [-0.15, -0.1) is 0 Å². The molecule has 1 N–H and O–H groups in total. The molecule has 0 bridgehead atoms. The molecule has 2 rings (SSSR count). The first-order valence-corrected chi connectivity index (χ1v) is 7.07. The van der Waals surface area contributed by atoms with Gasteiger partial charge < -0.3 is 10.1 Å². The normalized spacial score (nSPS) is 16.7. The van der Waals surface area contributed by atoms with Gasteiger partial charge in [-0.3, -0.25) is 4.79 Å². The lowest BCUT2D eigenvalue weighted by Gasteiger charge is -2.32. The van der Waals surface area contributed by atoms with Crippen molar-refractivity contribution < 1.29 is 9.53 Å². The third-order valence-corrected chi connectivity index (χ3v) is 4.15. The zero-order valence-corrected chi connectivity index (χ0v) is 11.8. The monoisotopic (exact) mass is 261 g/mol. The smallest absolute Gasteiger partial charge is 0.309 e. The Labute approximate surface area is 115 Å². The van der Waals surface area contributed by atoms with Crippen molar-refractivity contribution in [1.29, 1.82) is 0 Å². The van der Waals surface area contributed by atoms with E-state index in [1.165, 1.54) is 31.9 Å². The van der Waals surface area contributed by atoms with Crippen LogP contribution in [0.25, 0.3) is 0 Å². The molecule has 1 aliphatic rings. The Morgan fingerprint density at radius 1 is 1.37 bits per heavy atom. The summed E-state index contributed by atoms with van der Waals surface area (Å²) >= 11 is 0. The van der Waals surface area contributed by atoms with Gasteiger partial charge in [0.2, 0.25) is 0 Å². The van der Waals surface area contributed by atoms with E-state index in [2.05, 4.69) is 18.3 Å². The van der Waals surface area contributed by atoms with Crippen molar-refractivity contribution >= 4 is 5.97 Å². The molecule has 3 nitrogen and oxygen atoms in total. The van der Waals surface area contributed by atoms with Crippen molar-refractivity contribution in [3.63, 3.8) is 0 Å². The molecule has 1 fully saturated rings. The van der Waals surface area contributed by atoms with Crippen LogP contribution >= 0.6 is 0 Å². The number of carbonyl (C=O) groups excluding carboxylic acids is 1. The number of ether oxygens (including phenoxy) is 1. The highest BCUT2D eigenvalue weighted by Crippen LogP contribution is 2.29. The number of hydrogen-bond donors (Lipinski definition) is 1. The number of rotatable bonds is 6.